The molecule has 18 heavy (non-hydrogen) atoms. The van der Waals surface area contributed by atoms with E-state index in [0.29, 0.717) is 11.9 Å². The van der Waals surface area contributed by atoms with Crippen LogP contribution < -0.4 is 0 Å². The quantitative estimate of drug-likeness (QED) is 0.749. The first-order valence-electron chi connectivity index (χ1n) is 4.75. The number of nitrogens with zero attached hydrogens (tertiary/aromatic N) is 3. The van der Waals surface area contributed by atoms with Gasteiger partial charge in [0, 0.05) is 0 Å². The molecule has 0 radical (unpaired) electrons. The third-order valence-corrected chi connectivity index (χ3v) is 2.54. The summed E-state index contributed by atoms with van der Waals surface area (Å²) in [5, 5.41) is 7.03. The van der Waals surface area contributed by atoms with Gasteiger partial charge < -0.3 is 0 Å². The molecule has 3 nitrogen and oxygen atoms in total. The topological polar surface area (TPSA) is 30.7 Å². The fraction of sp³-hybridized carbons (Fsp3) is 0.200. The van der Waals surface area contributed by atoms with Gasteiger partial charge in [0.25, 0.3) is 0 Å². The molecule has 0 fully saturated rings. The minimum Gasteiger partial charge on any atom is -0.270 e. The van der Waals surface area contributed by atoms with Crippen molar-refractivity contribution in [2.75, 3.05) is 0 Å². The number of rotatable bonds is 1. The molecule has 0 atom stereocenters. The van der Waals surface area contributed by atoms with Crippen LogP contribution in [0.5, 0.6) is 0 Å². The summed E-state index contributed by atoms with van der Waals surface area (Å²) in [6.07, 6.45) is -4.77. The van der Waals surface area contributed by atoms with E-state index in [1.54, 1.807) is 0 Å². The molecule has 0 aliphatic carbocycles. The summed E-state index contributed by atoms with van der Waals surface area (Å²) in [7, 11) is 0. The standard InChI is InChI=1S/C10H6ClF4N3/c1-5-16-17-9(11)18(5)6-2-3-8(12)7(4-6)10(13,14)15/h2-4H,1H3. The van der Waals surface area contributed by atoms with Gasteiger partial charge in [-0.1, -0.05) is 0 Å². The first kappa shape index (κ1) is 12.8. The fourth-order valence-corrected chi connectivity index (χ4v) is 1.76. The molecule has 96 valence electrons. The van der Waals surface area contributed by atoms with Crippen LogP contribution in [-0.4, -0.2) is 14.8 Å². The Hall–Kier alpha value is -1.63. The maximum atomic E-state index is 13.1. The molecule has 0 unspecified atom stereocenters. The van der Waals surface area contributed by atoms with Gasteiger partial charge in [0.1, 0.15) is 11.6 Å². The molecule has 0 aliphatic rings. The van der Waals surface area contributed by atoms with E-state index in [2.05, 4.69) is 10.2 Å². The lowest BCUT2D eigenvalue weighted by molar-refractivity contribution is -0.140. The first-order valence-corrected chi connectivity index (χ1v) is 5.13. The van der Waals surface area contributed by atoms with E-state index >= 15 is 0 Å². The van der Waals surface area contributed by atoms with Crippen LogP contribution in [0.2, 0.25) is 5.28 Å². The summed E-state index contributed by atoms with van der Waals surface area (Å²) in [5.41, 5.74) is -1.31. The number of aromatic nitrogens is 3. The van der Waals surface area contributed by atoms with Crippen LogP contribution >= 0.6 is 11.6 Å². The van der Waals surface area contributed by atoms with Gasteiger partial charge in [-0.2, -0.15) is 13.2 Å². The van der Waals surface area contributed by atoms with Crippen molar-refractivity contribution in [1.82, 2.24) is 14.8 Å². The van der Waals surface area contributed by atoms with Crippen molar-refractivity contribution in [3.8, 4) is 5.69 Å². The monoisotopic (exact) mass is 279 g/mol. The van der Waals surface area contributed by atoms with E-state index in [1.807, 2.05) is 0 Å². The third kappa shape index (κ3) is 2.17. The Morgan fingerprint density at radius 2 is 1.89 bits per heavy atom. The van der Waals surface area contributed by atoms with Crippen LogP contribution in [0.3, 0.4) is 0 Å². The van der Waals surface area contributed by atoms with Crippen molar-refractivity contribution in [2.24, 2.45) is 0 Å². The van der Waals surface area contributed by atoms with E-state index in [-0.39, 0.29) is 11.0 Å². The second-order valence-corrected chi connectivity index (χ2v) is 3.85. The van der Waals surface area contributed by atoms with E-state index < -0.39 is 17.6 Å². The Kier molecular flexibility index (Phi) is 3.02. The molecule has 2 aromatic rings. The normalized spacial score (nSPS) is 11.9. The smallest absolute Gasteiger partial charge is 0.270 e. The highest BCUT2D eigenvalue weighted by Crippen LogP contribution is 2.33. The molecule has 0 saturated carbocycles. The van der Waals surface area contributed by atoms with Crippen LogP contribution in [0.1, 0.15) is 11.4 Å². The molecular weight excluding hydrogens is 274 g/mol. The fourth-order valence-electron chi connectivity index (χ4n) is 1.50. The minimum absolute atomic E-state index is 0.0521. The lowest BCUT2D eigenvalue weighted by Gasteiger charge is -2.11. The predicted molar refractivity (Wildman–Crippen MR) is 56.1 cm³/mol. The molecule has 0 N–H and O–H groups in total. The molecule has 0 spiro atoms. The number of aryl methyl sites for hydroxylation is 1. The zero-order chi connectivity index (χ0) is 13.5. The van der Waals surface area contributed by atoms with Crippen LogP contribution in [-0.2, 0) is 6.18 Å². The SMILES string of the molecule is Cc1nnc(Cl)n1-c1ccc(F)c(C(F)(F)F)c1. The van der Waals surface area contributed by atoms with E-state index in [1.165, 1.54) is 17.6 Å². The third-order valence-electron chi connectivity index (χ3n) is 2.30. The van der Waals surface area contributed by atoms with Crippen LogP contribution in [0, 0.1) is 12.7 Å². The highest BCUT2D eigenvalue weighted by atomic mass is 35.5. The summed E-state index contributed by atoms with van der Waals surface area (Å²) < 4.78 is 52.0. The summed E-state index contributed by atoms with van der Waals surface area (Å²) >= 11 is 5.70. The maximum Gasteiger partial charge on any atom is 0.419 e. The molecule has 1 aromatic carbocycles. The minimum atomic E-state index is -4.77. The number of hydrogen-bond donors (Lipinski definition) is 0. The van der Waals surface area contributed by atoms with Gasteiger partial charge in [-0.15, -0.1) is 10.2 Å². The van der Waals surface area contributed by atoms with Gasteiger partial charge in [0.2, 0.25) is 5.28 Å². The number of alkyl halides is 3. The second-order valence-electron chi connectivity index (χ2n) is 3.51. The Labute approximate surface area is 104 Å². The number of halogens is 5. The van der Waals surface area contributed by atoms with E-state index in [9.17, 15) is 17.6 Å². The van der Waals surface area contributed by atoms with Crippen molar-refractivity contribution in [2.45, 2.75) is 13.1 Å². The van der Waals surface area contributed by atoms with Crippen molar-refractivity contribution in [3.05, 3.63) is 40.7 Å². The molecule has 0 saturated heterocycles. The maximum absolute atomic E-state index is 13.1. The lowest BCUT2D eigenvalue weighted by atomic mass is 10.2. The lowest BCUT2D eigenvalue weighted by Crippen LogP contribution is -2.09. The molecular formula is C10H6ClF4N3. The molecule has 1 heterocycles. The number of hydrogen-bond acceptors (Lipinski definition) is 2. The highest BCUT2D eigenvalue weighted by Gasteiger charge is 2.34. The summed E-state index contributed by atoms with van der Waals surface area (Å²) in [4.78, 5) is 0. The molecule has 2 rings (SSSR count). The van der Waals surface area contributed by atoms with Crippen molar-refractivity contribution in [3.63, 3.8) is 0 Å². The largest absolute Gasteiger partial charge is 0.419 e. The van der Waals surface area contributed by atoms with Gasteiger partial charge in [0.15, 0.2) is 0 Å². The molecule has 0 amide bonds. The van der Waals surface area contributed by atoms with Crippen molar-refractivity contribution >= 4 is 11.6 Å². The molecule has 1 aromatic heterocycles. The van der Waals surface area contributed by atoms with Crippen LogP contribution in [0.4, 0.5) is 17.6 Å². The summed E-state index contributed by atoms with van der Waals surface area (Å²) in [6, 6.07) is 2.57. The molecule has 0 aliphatic heterocycles. The number of benzene rings is 1. The Balaban J connectivity index is 2.62. The van der Waals surface area contributed by atoms with E-state index in [0.717, 1.165) is 6.07 Å². The van der Waals surface area contributed by atoms with E-state index in [4.69, 9.17) is 11.6 Å². The summed E-state index contributed by atoms with van der Waals surface area (Å²) in [5.74, 6) is -1.03. The van der Waals surface area contributed by atoms with Crippen LogP contribution in [0.15, 0.2) is 18.2 Å². The van der Waals surface area contributed by atoms with Crippen molar-refractivity contribution < 1.29 is 17.6 Å². The van der Waals surface area contributed by atoms with Gasteiger partial charge in [-0.3, -0.25) is 4.57 Å². The Bertz CT molecular complexity index is 572. The summed E-state index contributed by atoms with van der Waals surface area (Å²) in [6.45, 7) is 1.52. The molecule has 0 bridgehead atoms. The average Bonchev–Trinajstić information content (AvgIpc) is 2.58. The first-order chi connectivity index (χ1) is 8.30. The highest BCUT2D eigenvalue weighted by molar-refractivity contribution is 6.28. The van der Waals surface area contributed by atoms with Crippen LogP contribution in [0.25, 0.3) is 5.69 Å². The van der Waals surface area contributed by atoms with Gasteiger partial charge >= 0.3 is 6.18 Å². The molecule has 8 heteroatoms. The Morgan fingerprint density at radius 3 is 2.39 bits per heavy atom. The van der Waals surface area contributed by atoms with Crippen molar-refractivity contribution in [1.29, 1.82) is 0 Å². The zero-order valence-electron chi connectivity index (χ0n) is 8.96. The second kappa shape index (κ2) is 4.24. The van der Waals surface area contributed by atoms with Gasteiger partial charge in [-0.05, 0) is 36.7 Å². The van der Waals surface area contributed by atoms with Gasteiger partial charge in [0.05, 0.1) is 11.3 Å². The van der Waals surface area contributed by atoms with Gasteiger partial charge in [-0.25, -0.2) is 4.39 Å². The predicted octanol–water partition coefficient (Wildman–Crippen LogP) is 3.39. The zero-order valence-corrected chi connectivity index (χ0v) is 9.72. The average molecular weight is 280 g/mol. The Morgan fingerprint density at radius 1 is 1.22 bits per heavy atom.